The summed E-state index contributed by atoms with van der Waals surface area (Å²) >= 11 is 27.3. The molecule has 0 radical (unpaired) electrons. The Labute approximate surface area is 289 Å². The Morgan fingerprint density at radius 1 is 0.447 bits per heavy atom. The Bertz CT molecular complexity index is 2540. The third-order valence-electron chi connectivity index (χ3n) is 8.30. The van der Waals surface area contributed by atoms with Crippen molar-refractivity contribution in [1.29, 1.82) is 5.26 Å². The second kappa shape index (κ2) is 11.7. The van der Waals surface area contributed by atoms with Crippen LogP contribution < -0.4 is 0 Å². The van der Waals surface area contributed by atoms with Crippen LogP contribution in [-0.4, -0.2) is 19.9 Å². The number of hydrogen-bond donors (Lipinski definition) is 3. The summed E-state index contributed by atoms with van der Waals surface area (Å²) in [6.45, 7) is 0. The minimum atomic E-state index is 0.509. The van der Waals surface area contributed by atoms with E-state index in [1.165, 1.54) is 0 Å². The number of hydrogen-bond acceptors (Lipinski definition) is 2. The van der Waals surface area contributed by atoms with Crippen molar-refractivity contribution in [2.75, 3.05) is 0 Å². The third-order valence-corrected chi connectivity index (χ3v) is 9.56. The van der Waals surface area contributed by atoms with Crippen molar-refractivity contribution in [2.45, 2.75) is 0 Å². The molecular weight excluding hydrogens is 668 g/mol. The summed E-state index contributed by atoms with van der Waals surface area (Å²) in [6, 6.07) is 32.7. The number of aromatic amines is 3. The van der Waals surface area contributed by atoms with Gasteiger partial charge in [-0.25, -0.2) is 4.98 Å². The van der Waals surface area contributed by atoms with Gasteiger partial charge in [-0.1, -0.05) is 70.7 Å². The molecule has 4 aromatic heterocycles. The van der Waals surface area contributed by atoms with Crippen LogP contribution in [-0.2, 0) is 0 Å². The zero-order chi connectivity index (χ0) is 32.2. The summed E-state index contributed by atoms with van der Waals surface area (Å²) in [5.41, 5.74) is 11.6. The molecule has 1 aliphatic heterocycles. The summed E-state index contributed by atoms with van der Waals surface area (Å²) < 4.78 is 0. The van der Waals surface area contributed by atoms with Gasteiger partial charge in [-0.05, 0) is 90.5 Å². The summed E-state index contributed by atoms with van der Waals surface area (Å²) in [5, 5.41) is 11.6. The molecule has 0 unspecified atom stereocenters. The fraction of sp³-hybridized carbons (Fsp3) is 0. The first-order chi connectivity index (χ1) is 22.9. The van der Waals surface area contributed by atoms with E-state index in [9.17, 15) is 5.26 Å². The van der Waals surface area contributed by atoms with E-state index >= 15 is 0 Å². The number of fused-ring (bicyclic) bond motifs is 9. The van der Waals surface area contributed by atoms with Crippen LogP contribution in [0.2, 0.25) is 20.1 Å². The molecule has 8 rings (SSSR count). The van der Waals surface area contributed by atoms with Gasteiger partial charge >= 0.3 is 0 Å². The van der Waals surface area contributed by atoms with Crippen LogP contribution in [0.1, 0.15) is 17.0 Å². The first kappa shape index (κ1) is 29.4. The lowest BCUT2D eigenvalue weighted by Crippen LogP contribution is -1.88. The van der Waals surface area contributed by atoms with Crippen molar-refractivity contribution in [3.05, 3.63) is 134 Å². The molecule has 1 aliphatic rings. The number of nitrogens with zero attached hydrogens (tertiary/aromatic N) is 2. The Hall–Kier alpha value is -4.96. The molecule has 0 fully saturated rings. The predicted molar refractivity (Wildman–Crippen MR) is 196 cm³/mol. The van der Waals surface area contributed by atoms with Gasteiger partial charge in [0.05, 0.1) is 48.6 Å². The van der Waals surface area contributed by atoms with Gasteiger partial charge in [0.2, 0.25) is 0 Å². The predicted octanol–water partition coefficient (Wildman–Crippen LogP) is 12.2. The quantitative estimate of drug-likeness (QED) is 0.173. The van der Waals surface area contributed by atoms with Crippen molar-refractivity contribution in [3.8, 4) is 39.4 Å². The van der Waals surface area contributed by atoms with Crippen molar-refractivity contribution in [2.24, 2.45) is 0 Å². The summed E-state index contributed by atoms with van der Waals surface area (Å²) in [7, 11) is 0. The van der Waals surface area contributed by atoms with E-state index in [-0.39, 0.29) is 0 Å². The molecule has 9 heteroatoms. The highest BCUT2D eigenvalue weighted by molar-refractivity contribution is 6.40. The van der Waals surface area contributed by atoms with Crippen molar-refractivity contribution < 1.29 is 0 Å². The largest absolute Gasteiger partial charge is 0.354 e. The molecule has 0 aliphatic carbocycles. The first-order valence-corrected chi connectivity index (χ1v) is 16.1. The maximum atomic E-state index is 9.49. The average Bonchev–Trinajstić information content (AvgIpc) is 3.89. The Morgan fingerprint density at radius 3 is 1.40 bits per heavy atom. The summed E-state index contributed by atoms with van der Waals surface area (Å²) in [6.07, 6.45) is 3.93. The van der Waals surface area contributed by atoms with Crippen LogP contribution in [0.15, 0.2) is 97.1 Å². The van der Waals surface area contributed by atoms with E-state index in [2.05, 4.69) is 21.0 Å². The highest BCUT2D eigenvalue weighted by Crippen LogP contribution is 2.42. The van der Waals surface area contributed by atoms with Gasteiger partial charge in [0.15, 0.2) is 0 Å². The molecule has 47 heavy (non-hydrogen) atoms. The molecule has 226 valence electrons. The fourth-order valence-electron chi connectivity index (χ4n) is 6.17. The number of halogens is 4. The van der Waals surface area contributed by atoms with Gasteiger partial charge in [-0.3, -0.25) is 0 Å². The normalized spacial score (nSPS) is 11.7. The zero-order valence-corrected chi connectivity index (χ0v) is 27.3. The molecule has 5 nitrogen and oxygen atoms in total. The van der Waals surface area contributed by atoms with Crippen LogP contribution in [0.3, 0.4) is 0 Å². The summed E-state index contributed by atoms with van der Waals surface area (Å²) in [5.74, 6) is 0. The van der Waals surface area contributed by atoms with Gasteiger partial charge in [-0.2, -0.15) is 5.26 Å². The van der Waals surface area contributed by atoms with Gasteiger partial charge in [0.1, 0.15) is 0 Å². The Balaban J connectivity index is 1.59. The smallest absolute Gasteiger partial charge is 0.0991 e. The number of rotatable bonds is 3. The molecule has 5 heterocycles. The van der Waals surface area contributed by atoms with Gasteiger partial charge in [0, 0.05) is 55.4 Å². The standard InChI is InChI=1S/C38H21Cl4N5/c39-22-3-1-4-23(40)35(22)37-30-13-11-26(44-30)27-12-14-31(45-27)38(36-24(41)5-2-6-25(36)42)33-18-16-29(47-33)34(28-15-17-32(37)46-28)21-9-7-20(19-43)8-10-21/h1-18,44,46-47H. The van der Waals surface area contributed by atoms with Crippen molar-refractivity contribution >= 4 is 91.7 Å². The molecule has 0 amide bonds. The highest BCUT2D eigenvalue weighted by Gasteiger charge is 2.19. The average molecular weight is 689 g/mol. The first-order valence-electron chi connectivity index (χ1n) is 14.6. The van der Waals surface area contributed by atoms with Crippen LogP contribution in [0, 0.1) is 11.3 Å². The minimum absolute atomic E-state index is 0.509. The monoisotopic (exact) mass is 687 g/mol. The van der Waals surface area contributed by atoms with E-state index in [0.29, 0.717) is 42.5 Å². The second-order valence-electron chi connectivity index (χ2n) is 11.1. The lowest BCUT2D eigenvalue weighted by atomic mass is 10.0. The molecule has 3 aromatic carbocycles. The number of H-pyrrole nitrogens is 3. The van der Waals surface area contributed by atoms with Crippen molar-refractivity contribution in [3.63, 3.8) is 0 Å². The topological polar surface area (TPSA) is 84.0 Å². The number of nitriles is 1. The van der Waals surface area contributed by atoms with Crippen LogP contribution in [0.5, 0.6) is 0 Å². The zero-order valence-electron chi connectivity index (χ0n) is 24.3. The molecule has 0 saturated heterocycles. The number of aromatic nitrogens is 4. The molecule has 8 bridgehead atoms. The minimum Gasteiger partial charge on any atom is -0.354 e. The lowest BCUT2D eigenvalue weighted by molar-refractivity contribution is 1.32. The second-order valence-corrected chi connectivity index (χ2v) is 12.7. The molecular formula is C38H21Cl4N5. The molecule has 0 spiro atoms. The van der Waals surface area contributed by atoms with Crippen LogP contribution >= 0.6 is 46.4 Å². The SMILES string of the molecule is N#Cc1ccc(-c2c3ccc([nH]3)c(-c3c(Cl)cccc3Cl)c3nc(c4ccc([nH]4)c(-c4c(Cl)cccc4Cl)c4ccc2[nH]4)C=C3)cc1. The van der Waals surface area contributed by atoms with Crippen LogP contribution in [0.4, 0.5) is 0 Å². The molecule has 7 aromatic rings. The van der Waals surface area contributed by atoms with E-state index < -0.39 is 0 Å². The van der Waals surface area contributed by atoms with Crippen molar-refractivity contribution in [1.82, 2.24) is 19.9 Å². The van der Waals surface area contributed by atoms with Crippen LogP contribution in [0.25, 0.3) is 78.6 Å². The lowest BCUT2D eigenvalue weighted by Gasteiger charge is -2.09. The Kier molecular flexibility index (Phi) is 7.32. The fourth-order valence-corrected chi connectivity index (χ4v) is 7.34. The number of benzene rings is 3. The molecule has 0 saturated carbocycles. The van der Waals surface area contributed by atoms with E-state index in [0.717, 1.165) is 61.0 Å². The molecule has 0 atom stereocenters. The highest BCUT2D eigenvalue weighted by atomic mass is 35.5. The molecule has 3 N–H and O–H groups in total. The Morgan fingerprint density at radius 2 is 0.872 bits per heavy atom. The number of nitrogens with one attached hydrogen (secondary N) is 3. The van der Waals surface area contributed by atoms with E-state index in [1.54, 1.807) is 0 Å². The maximum Gasteiger partial charge on any atom is 0.0991 e. The van der Waals surface area contributed by atoms with Gasteiger partial charge < -0.3 is 15.0 Å². The van der Waals surface area contributed by atoms with Gasteiger partial charge in [0.25, 0.3) is 0 Å². The third kappa shape index (κ3) is 5.07. The van der Waals surface area contributed by atoms with E-state index in [4.69, 9.17) is 51.4 Å². The summed E-state index contributed by atoms with van der Waals surface area (Å²) in [4.78, 5) is 15.9. The van der Waals surface area contributed by atoms with E-state index in [1.807, 2.05) is 109 Å². The maximum absolute atomic E-state index is 9.49. The van der Waals surface area contributed by atoms with Gasteiger partial charge in [-0.15, -0.1) is 0 Å².